The average Bonchev–Trinajstić information content (AvgIpc) is 2.75. The molecule has 13 heavy (non-hydrogen) atoms. The summed E-state index contributed by atoms with van der Waals surface area (Å²) in [4.78, 5) is 0. The number of hydrogen-bond donors (Lipinski definition) is 2. The lowest BCUT2D eigenvalue weighted by Gasteiger charge is -2.19. The third-order valence-corrected chi connectivity index (χ3v) is 3.33. The monoisotopic (exact) mass is 184 g/mol. The maximum atomic E-state index is 5.69. The van der Waals surface area contributed by atoms with E-state index in [9.17, 15) is 0 Å². The summed E-state index contributed by atoms with van der Waals surface area (Å²) in [7, 11) is 0. The van der Waals surface area contributed by atoms with E-state index in [-0.39, 0.29) is 0 Å². The van der Waals surface area contributed by atoms with Gasteiger partial charge in [-0.2, -0.15) is 0 Å². The van der Waals surface area contributed by atoms with Gasteiger partial charge >= 0.3 is 0 Å². The van der Waals surface area contributed by atoms with Crippen molar-refractivity contribution in [3.63, 3.8) is 0 Å². The minimum absolute atomic E-state index is 0.647. The third kappa shape index (κ3) is 3.65. The van der Waals surface area contributed by atoms with Crippen LogP contribution in [0.2, 0.25) is 0 Å². The lowest BCUT2D eigenvalue weighted by molar-refractivity contribution is 0.368. The zero-order chi connectivity index (χ0) is 9.84. The smallest absolute Gasteiger partial charge is 0.000589 e. The maximum Gasteiger partial charge on any atom is -0.000589 e. The Kier molecular flexibility index (Phi) is 4.20. The molecule has 2 nitrogen and oxygen atoms in total. The minimum Gasteiger partial charge on any atom is -0.330 e. The molecule has 0 bridgehead atoms. The lowest BCUT2D eigenvalue weighted by Crippen LogP contribution is -2.32. The number of hydrogen-bond acceptors (Lipinski definition) is 2. The Balaban J connectivity index is 2.03. The van der Waals surface area contributed by atoms with Gasteiger partial charge in [-0.15, -0.1) is 0 Å². The second-order valence-corrected chi connectivity index (χ2v) is 4.87. The Morgan fingerprint density at radius 2 is 2.08 bits per heavy atom. The first-order valence-corrected chi connectivity index (χ1v) is 5.56. The van der Waals surface area contributed by atoms with Crippen LogP contribution in [0.4, 0.5) is 0 Å². The Morgan fingerprint density at radius 3 is 2.46 bits per heavy atom. The summed E-state index contributed by atoms with van der Waals surface area (Å²) in [5.74, 6) is 3.26. The summed E-state index contributed by atoms with van der Waals surface area (Å²) in [5.41, 5.74) is 5.69. The number of rotatable bonds is 6. The minimum atomic E-state index is 0.647. The van der Waals surface area contributed by atoms with Crippen molar-refractivity contribution in [2.45, 2.75) is 27.2 Å². The highest BCUT2D eigenvalue weighted by molar-refractivity contribution is 4.84. The van der Waals surface area contributed by atoms with Gasteiger partial charge < -0.3 is 11.1 Å². The van der Waals surface area contributed by atoms with Crippen LogP contribution in [0.3, 0.4) is 0 Å². The predicted molar refractivity (Wildman–Crippen MR) is 57.5 cm³/mol. The molecule has 1 saturated carbocycles. The molecule has 3 atom stereocenters. The van der Waals surface area contributed by atoms with Gasteiger partial charge in [0.2, 0.25) is 0 Å². The molecule has 0 heterocycles. The molecular weight excluding hydrogens is 160 g/mol. The van der Waals surface area contributed by atoms with Crippen LogP contribution < -0.4 is 11.1 Å². The van der Waals surface area contributed by atoms with Crippen molar-refractivity contribution in [3.05, 3.63) is 0 Å². The van der Waals surface area contributed by atoms with Gasteiger partial charge in [0.25, 0.3) is 0 Å². The van der Waals surface area contributed by atoms with Crippen molar-refractivity contribution in [1.29, 1.82) is 0 Å². The molecule has 3 unspecified atom stereocenters. The molecular formula is C11H24N2. The van der Waals surface area contributed by atoms with Crippen molar-refractivity contribution in [3.8, 4) is 0 Å². The highest BCUT2D eigenvalue weighted by Crippen LogP contribution is 2.36. The first-order chi connectivity index (χ1) is 6.15. The van der Waals surface area contributed by atoms with E-state index in [1.807, 2.05) is 0 Å². The topological polar surface area (TPSA) is 38.0 Å². The number of nitrogens with one attached hydrogen (secondary N) is 1. The molecule has 1 rings (SSSR count). The summed E-state index contributed by atoms with van der Waals surface area (Å²) in [6.07, 6.45) is 1.42. The number of nitrogens with two attached hydrogens (primary N) is 1. The molecule has 3 N–H and O–H groups in total. The van der Waals surface area contributed by atoms with Crippen LogP contribution in [0.5, 0.6) is 0 Å². The van der Waals surface area contributed by atoms with E-state index in [4.69, 9.17) is 5.73 Å². The molecule has 0 amide bonds. The van der Waals surface area contributed by atoms with Crippen molar-refractivity contribution in [2.24, 2.45) is 29.4 Å². The quantitative estimate of drug-likeness (QED) is 0.656. The molecule has 2 heteroatoms. The van der Waals surface area contributed by atoms with Gasteiger partial charge in [0.1, 0.15) is 0 Å². The van der Waals surface area contributed by atoms with Crippen molar-refractivity contribution >= 4 is 0 Å². The van der Waals surface area contributed by atoms with Gasteiger partial charge in [0.05, 0.1) is 0 Å². The fourth-order valence-corrected chi connectivity index (χ4v) is 1.73. The molecule has 0 aromatic rings. The zero-order valence-corrected chi connectivity index (χ0v) is 9.22. The zero-order valence-electron chi connectivity index (χ0n) is 9.22. The largest absolute Gasteiger partial charge is 0.330 e. The van der Waals surface area contributed by atoms with E-state index < -0.39 is 0 Å². The van der Waals surface area contributed by atoms with Gasteiger partial charge in [-0.25, -0.2) is 0 Å². The van der Waals surface area contributed by atoms with E-state index in [1.165, 1.54) is 13.0 Å². The standard InChI is InChI=1S/C11H24N2/c1-8(2)11(5-12)7-13-6-10-4-9(10)3/h8-11,13H,4-7,12H2,1-3H3. The lowest BCUT2D eigenvalue weighted by atomic mass is 9.96. The molecule has 1 aliphatic carbocycles. The molecule has 0 aromatic heterocycles. The van der Waals surface area contributed by atoms with Gasteiger partial charge in [-0.1, -0.05) is 20.8 Å². The first kappa shape index (κ1) is 11.0. The summed E-state index contributed by atoms with van der Waals surface area (Å²) in [5, 5.41) is 3.53. The fraction of sp³-hybridized carbons (Fsp3) is 1.00. The Hall–Kier alpha value is -0.0800. The van der Waals surface area contributed by atoms with Crippen LogP contribution in [0, 0.1) is 23.7 Å². The Morgan fingerprint density at radius 1 is 1.46 bits per heavy atom. The van der Waals surface area contributed by atoms with Gasteiger partial charge in [-0.3, -0.25) is 0 Å². The molecule has 1 aliphatic rings. The predicted octanol–water partition coefficient (Wildman–Crippen LogP) is 1.46. The van der Waals surface area contributed by atoms with E-state index in [0.717, 1.165) is 24.9 Å². The second kappa shape index (κ2) is 4.97. The van der Waals surface area contributed by atoms with E-state index >= 15 is 0 Å². The molecule has 0 radical (unpaired) electrons. The molecule has 0 aromatic carbocycles. The van der Waals surface area contributed by atoms with Gasteiger partial charge in [-0.05, 0) is 49.7 Å². The SMILES string of the molecule is CC(C)C(CN)CNCC1CC1C. The van der Waals surface area contributed by atoms with E-state index in [0.29, 0.717) is 11.8 Å². The summed E-state index contributed by atoms with van der Waals surface area (Å²) < 4.78 is 0. The Bertz CT molecular complexity index is 145. The van der Waals surface area contributed by atoms with Crippen LogP contribution in [-0.2, 0) is 0 Å². The van der Waals surface area contributed by atoms with Crippen LogP contribution in [0.25, 0.3) is 0 Å². The summed E-state index contributed by atoms with van der Waals surface area (Å²) >= 11 is 0. The molecule has 0 spiro atoms. The second-order valence-electron chi connectivity index (χ2n) is 4.87. The Labute approximate surface area is 82.3 Å². The van der Waals surface area contributed by atoms with Crippen molar-refractivity contribution < 1.29 is 0 Å². The first-order valence-electron chi connectivity index (χ1n) is 5.56. The maximum absolute atomic E-state index is 5.69. The van der Waals surface area contributed by atoms with Gasteiger partial charge in [0.15, 0.2) is 0 Å². The van der Waals surface area contributed by atoms with Crippen LogP contribution in [-0.4, -0.2) is 19.6 Å². The van der Waals surface area contributed by atoms with Crippen molar-refractivity contribution in [2.75, 3.05) is 19.6 Å². The van der Waals surface area contributed by atoms with Crippen molar-refractivity contribution in [1.82, 2.24) is 5.32 Å². The average molecular weight is 184 g/mol. The fourth-order valence-electron chi connectivity index (χ4n) is 1.73. The highest BCUT2D eigenvalue weighted by atomic mass is 14.9. The van der Waals surface area contributed by atoms with Crippen LogP contribution in [0.1, 0.15) is 27.2 Å². The van der Waals surface area contributed by atoms with Crippen LogP contribution in [0.15, 0.2) is 0 Å². The normalized spacial score (nSPS) is 29.3. The molecule has 1 fully saturated rings. The third-order valence-electron chi connectivity index (χ3n) is 3.33. The van der Waals surface area contributed by atoms with E-state index in [1.54, 1.807) is 0 Å². The van der Waals surface area contributed by atoms with E-state index in [2.05, 4.69) is 26.1 Å². The molecule has 78 valence electrons. The highest BCUT2D eigenvalue weighted by Gasteiger charge is 2.31. The molecule has 0 aliphatic heterocycles. The summed E-state index contributed by atoms with van der Waals surface area (Å²) in [6, 6.07) is 0. The summed E-state index contributed by atoms with van der Waals surface area (Å²) in [6.45, 7) is 9.93. The molecule has 0 saturated heterocycles. The van der Waals surface area contributed by atoms with Gasteiger partial charge in [0, 0.05) is 0 Å². The van der Waals surface area contributed by atoms with Crippen LogP contribution >= 0.6 is 0 Å².